The van der Waals surface area contributed by atoms with Crippen LogP contribution in [0.4, 0.5) is 0 Å². The second-order valence-electron chi connectivity index (χ2n) is 8.90. The molecule has 2 nitrogen and oxygen atoms in total. The van der Waals surface area contributed by atoms with Gasteiger partial charge in [0.2, 0.25) is 0 Å². The summed E-state index contributed by atoms with van der Waals surface area (Å²) in [6, 6.07) is 24.6. The number of benzene rings is 3. The molecule has 0 N–H and O–H groups in total. The summed E-state index contributed by atoms with van der Waals surface area (Å²) in [6.07, 6.45) is 3.75. The fourth-order valence-electron chi connectivity index (χ4n) is 4.67. The maximum Gasteiger partial charge on any atom is 0.0852 e. The Morgan fingerprint density at radius 3 is 1.97 bits per heavy atom. The first-order chi connectivity index (χ1) is 14.5. The summed E-state index contributed by atoms with van der Waals surface area (Å²) in [5, 5.41) is 0. The van der Waals surface area contributed by atoms with Crippen LogP contribution in [0.25, 0.3) is 22.3 Å². The quantitative estimate of drug-likeness (QED) is 0.415. The van der Waals surface area contributed by atoms with Crippen LogP contribution in [0.2, 0.25) is 0 Å². The van der Waals surface area contributed by atoms with Crippen molar-refractivity contribution in [3.63, 3.8) is 0 Å². The Labute approximate surface area is 193 Å². The fraction of sp³-hybridized carbons (Fsp3) is 0.357. The first kappa shape index (κ1) is 23.5. The van der Waals surface area contributed by atoms with E-state index in [4.69, 9.17) is 4.74 Å². The van der Waals surface area contributed by atoms with Crippen LogP contribution in [0.3, 0.4) is 0 Å². The summed E-state index contributed by atoms with van der Waals surface area (Å²) in [6.45, 7) is 3.24. The third-order valence-corrected chi connectivity index (χ3v) is 6.47. The number of aryl methyl sites for hydroxylation is 2. The lowest BCUT2D eigenvalue weighted by Crippen LogP contribution is -2.26. The molecule has 164 valence electrons. The van der Waals surface area contributed by atoms with Crippen molar-refractivity contribution in [2.75, 3.05) is 27.7 Å². The molecule has 1 aliphatic rings. The third kappa shape index (κ3) is 5.38. The largest absolute Gasteiger partial charge is 0.376 e. The van der Waals surface area contributed by atoms with E-state index in [1.54, 1.807) is 0 Å². The van der Waals surface area contributed by atoms with E-state index >= 15 is 0 Å². The van der Waals surface area contributed by atoms with Gasteiger partial charge in [-0.1, -0.05) is 72.3 Å². The zero-order valence-corrected chi connectivity index (χ0v) is 19.9. The molecule has 0 aromatic heterocycles. The Hall–Kier alpha value is -2.13. The van der Waals surface area contributed by atoms with Crippen molar-refractivity contribution in [3.05, 3.63) is 83.4 Å². The van der Waals surface area contributed by atoms with E-state index in [9.17, 15) is 0 Å². The molecule has 2 atom stereocenters. The van der Waals surface area contributed by atoms with Crippen LogP contribution in [-0.2, 0) is 11.2 Å². The minimum absolute atomic E-state index is 0. The lowest BCUT2D eigenvalue weighted by Gasteiger charge is -2.33. The highest BCUT2D eigenvalue weighted by molar-refractivity contribution is 5.85. The fourth-order valence-corrected chi connectivity index (χ4v) is 4.67. The van der Waals surface area contributed by atoms with Crippen LogP contribution in [-0.4, -0.2) is 32.6 Å². The van der Waals surface area contributed by atoms with Gasteiger partial charge in [0.1, 0.15) is 0 Å². The normalized spacial score (nSPS) is 17.8. The smallest absolute Gasteiger partial charge is 0.0852 e. The van der Waals surface area contributed by atoms with E-state index in [0.717, 1.165) is 13.0 Å². The number of hydrogen-bond donors (Lipinski definition) is 0. The number of hydrogen-bond acceptors (Lipinski definition) is 2. The highest BCUT2D eigenvalue weighted by Crippen LogP contribution is 2.40. The zero-order chi connectivity index (χ0) is 21.1. The van der Waals surface area contributed by atoms with E-state index in [0.29, 0.717) is 5.92 Å². The van der Waals surface area contributed by atoms with Crippen molar-refractivity contribution in [3.8, 4) is 22.3 Å². The van der Waals surface area contributed by atoms with Crippen LogP contribution in [0, 0.1) is 12.8 Å². The van der Waals surface area contributed by atoms with Crippen LogP contribution >= 0.6 is 12.4 Å². The van der Waals surface area contributed by atoms with Gasteiger partial charge in [0.15, 0.2) is 0 Å². The lowest BCUT2D eigenvalue weighted by molar-refractivity contribution is 0.0343. The Morgan fingerprint density at radius 2 is 1.39 bits per heavy atom. The van der Waals surface area contributed by atoms with E-state index in [2.05, 4.69) is 92.6 Å². The second kappa shape index (κ2) is 10.5. The number of fused-ring (bicyclic) bond motifs is 1. The molecule has 0 saturated carbocycles. The molecule has 3 aromatic carbocycles. The topological polar surface area (TPSA) is 12.5 Å². The Balaban J connectivity index is 0.00000272. The Kier molecular flexibility index (Phi) is 7.94. The van der Waals surface area contributed by atoms with Crippen molar-refractivity contribution in [2.45, 2.75) is 32.3 Å². The molecule has 3 heteroatoms. The summed E-state index contributed by atoms with van der Waals surface area (Å²) in [4.78, 5) is 2.27. The second-order valence-corrected chi connectivity index (χ2v) is 8.90. The maximum absolute atomic E-state index is 5.96. The molecule has 0 saturated heterocycles. The highest BCUT2D eigenvalue weighted by atomic mass is 35.5. The van der Waals surface area contributed by atoms with E-state index in [1.807, 2.05) is 7.11 Å². The molecule has 0 aliphatic heterocycles. The zero-order valence-electron chi connectivity index (χ0n) is 19.1. The number of rotatable bonds is 6. The average Bonchev–Trinajstić information content (AvgIpc) is 2.77. The standard InChI is InChI=1S/C28H33NO.ClH/c1-20-5-7-21(8-6-20)22-9-11-23(12-10-22)25-15-16-27-26(19-25)14-13-24(28(27)30-4)17-18-29(2)3;/h5-12,15-16,19,24,28H,13-14,17-18H2,1-4H3;1H. The number of halogens is 1. The summed E-state index contributed by atoms with van der Waals surface area (Å²) in [5.74, 6) is 0.601. The molecule has 4 rings (SSSR count). The minimum atomic E-state index is 0. The van der Waals surface area contributed by atoms with Gasteiger partial charge in [-0.2, -0.15) is 0 Å². The van der Waals surface area contributed by atoms with Gasteiger partial charge in [-0.3, -0.25) is 0 Å². The maximum atomic E-state index is 5.96. The van der Waals surface area contributed by atoms with Crippen molar-refractivity contribution in [1.82, 2.24) is 4.90 Å². The monoisotopic (exact) mass is 435 g/mol. The van der Waals surface area contributed by atoms with Gasteiger partial charge in [0, 0.05) is 7.11 Å². The first-order valence-corrected chi connectivity index (χ1v) is 11.0. The molecule has 0 spiro atoms. The number of ether oxygens (including phenoxy) is 1. The van der Waals surface area contributed by atoms with E-state index in [-0.39, 0.29) is 18.5 Å². The van der Waals surface area contributed by atoms with E-state index < -0.39 is 0 Å². The minimum Gasteiger partial charge on any atom is -0.376 e. The molecule has 2 unspecified atom stereocenters. The molecule has 0 amide bonds. The Bertz CT molecular complexity index is 979. The van der Waals surface area contributed by atoms with E-state index in [1.165, 1.54) is 51.8 Å². The van der Waals surface area contributed by atoms with Gasteiger partial charge in [0.25, 0.3) is 0 Å². The molecule has 0 bridgehead atoms. The van der Waals surface area contributed by atoms with Crippen molar-refractivity contribution < 1.29 is 4.74 Å². The van der Waals surface area contributed by atoms with Gasteiger partial charge in [-0.05, 0) is 86.1 Å². The molecule has 0 radical (unpaired) electrons. The molecule has 31 heavy (non-hydrogen) atoms. The molecule has 0 fully saturated rings. The average molecular weight is 436 g/mol. The summed E-state index contributed by atoms with van der Waals surface area (Å²) < 4.78 is 5.96. The Morgan fingerprint density at radius 1 is 0.839 bits per heavy atom. The predicted octanol–water partition coefficient (Wildman–Crippen LogP) is 6.95. The van der Waals surface area contributed by atoms with Gasteiger partial charge in [-0.25, -0.2) is 0 Å². The SMILES string of the molecule is COC1c2ccc(-c3ccc(-c4ccc(C)cc4)cc3)cc2CCC1CCN(C)C.Cl. The summed E-state index contributed by atoms with van der Waals surface area (Å²) in [5.41, 5.74) is 9.23. The van der Waals surface area contributed by atoms with Crippen molar-refractivity contribution in [1.29, 1.82) is 0 Å². The highest BCUT2D eigenvalue weighted by Gasteiger charge is 2.29. The van der Waals surface area contributed by atoms with Crippen LogP contribution < -0.4 is 0 Å². The van der Waals surface area contributed by atoms with Crippen LogP contribution in [0.1, 0.15) is 35.6 Å². The lowest BCUT2D eigenvalue weighted by atomic mass is 9.78. The van der Waals surface area contributed by atoms with Crippen molar-refractivity contribution >= 4 is 12.4 Å². The van der Waals surface area contributed by atoms with Gasteiger partial charge < -0.3 is 9.64 Å². The van der Waals surface area contributed by atoms with Crippen molar-refractivity contribution in [2.24, 2.45) is 5.92 Å². The predicted molar refractivity (Wildman–Crippen MR) is 134 cm³/mol. The molecular weight excluding hydrogens is 402 g/mol. The third-order valence-electron chi connectivity index (χ3n) is 6.47. The van der Waals surface area contributed by atoms with Crippen LogP contribution in [0.15, 0.2) is 66.7 Å². The molecule has 3 aromatic rings. The molecule has 0 heterocycles. The van der Waals surface area contributed by atoms with Gasteiger partial charge >= 0.3 is 0 Å². The summed E-state index contributed by atoms with van der Waals surface area (Å²) in [7, 11) is 6.16. The van der Waals surface area contributed by atoms with Gasteiger partial charge in [-0.15, -0.1) is 12.4 Å². The molecule has 1 aliphatic carbocycles. The van der Waals surface area contributed by atoms with Gasteiger partial charge in [0.05, 0.1) is 6.10 Å². The van der Waals surface area contributed by atoms with Crippen LogP contribution in [0.5, 0.6) is 0 Å². The first-order valence-electron chi connectivity index (χ1n) is 11.0. The summed E-state index contributed by atoms with van der Waals surface area (Å²) >= 11 is 0. The number of nitrogens with zero attached hydrogens (tertiary/aromatic N) is 1. The molecular formula is C28H34ClNO. The number of methoxy groups -OCH3 is 1.